The zero-order valence-corrected chi connectivity index (χ0v) is 13.6. The Morgan fingerprint density at radius 2 is 1.67 bits per heavy atom. The molecule has 0 aliphatic carbocycles. The van der Waals surface area contributed by atoms with Gasteiger partial charge >= 0.3 is 0 Å². The molecule has 0 radical (unpaired) electrons. The van der Waals surface area contributed by atoms with Crippen molar-refractivity contribution >= 4 is 15.9 Å². The number of hydrogen-bond acceptors (Lipinski definition) is 3. The Morgan fingerprint density at radius 3 is 2.33 bits per heavy atom. The lowest BCUT2D eigenvalue weighted by atomic mass is 9.99. The third-order valence-electron chi connectivity index (χ3n) is 3.76. The highest BCUT2D eigenvalue weighted by Crippen LogP contribution is 2.42. The molecule has 0 amide bonds. The van der Waals surface area contributed by atoms with Crippen LogP contribution in [0.25, 0.3) is 0 Å². The number of ether oxygens (including phenoxy) is 3. The van der Waals surface area contributed by atoms with Gasteiger partial charge in [0.1, 0.15) is 11.5 Å². The second kappa shape index (κ2) is 6.08. The largest absolute Gasteiger partial charge is 0.496 e. The molecule has 1 unspecified atom stereocenters. The molecule has 3 nitrogen and oxygen atoms in total. The van der Waals surface area contributed by atoms with Gasteiger partial charge in [-0.05, 0) is 28.8 Å². The molecule has 0 bridgehead atoms. The predicted molar refractivity (Wildman–Crippen MR) is 85.3 cm³/mol. The third-order valence-corrected chi connectivity index (χ3v) is 4.74. The smallest absolute Gasteiger partial charge is 0.127 e. The Hall–Kier alpha value is -1.52. The van der Waals surface area contributed by atoms with Gasteiger partial charge in [-0.25, -0.2) is 0 Å². The van der Waals surface area contributed by atoms with Crippen LogP contribution in [0.3, 0.4) is 0 Å². The molecule has 0 saturated carbocycles. The summed E-state index contributed by atoms with van der Waals surface area (Å²) in [5, 5.41) is 0. The van der Waals surface area contributed by atoms with E-state index in [0.717, 1.165) is 17.1 Å². The highest BCUT2D eigenvalue weighted by atomic mass is 79.9. The lowest BCUT2D eigenvalue weighted by Gasteiger charge is -2.18. The van der Waals surface area contributed by atoms with Crippen LogP contribution in [0.4, 0.5) is 0 Å². The second-order valence-electron chi connectivity index (χ2n) is 4.96. The quantitative estimate of drug-likeness (QED) is 0.774. The highest BCUT2D eigenvalue weighted by Gasteiger charge is 2.22. The Kier molecular flexibility index (Phi) is 4.17. The number of halogens is 1. The van der Waals surface area contributed by atoms with Gasteiger partial charge in [-0.15, -0.1) is 0 Å². The summed E-state index contributed by atoms with van der Waals surface area (Å²) in [6.07, 6.45) is 0. The summed E-state index contributed by atoms with van der Waals surface area (Å²) in [5.41, 5.74) is 4.69. The fraction of sp³-hybridized carbons (Fsp3) is 0.294. The van der Waals surface area contributed by atoms with Crippen molar-refractivity contribution in [1.82, 2.24) is 0 Å². The SMILES string of the molecule is COc1cccc(OC)c1C(Br)c1ccc2c(c1)COC2. The average molecular weight is 349 g/mol. The first-order chi connectivity index (χ1) is 10.2. The highest BCUT2D eigenvalue weighted by molar-refractivity contribution is 9.09. The van der Waals surface area contributed by atoms with Crippen molar-refractivity contribution in [1.29, 1.82) is 0 Å². The van der Waals surface area contributed by atoms with Crippen molar-refractivity contribution in [2.45, 2.75) is 18.0 Å². The van der Waals surface area contributed by atoms with E-state index in [4.69, 9.17) is 14.2 Å². The fourth-order valence-electron chi connectivity index (χ4n) is 2.65. The van der Waals surface area contributed by atoms with Gasteiger partial charge in [0.15, 0.2) is 0 Å². The normalized spacial score (nSPS) is 14.6. The standard InChI is InChI=1S/C17H17BrO3/c1-19-14-4-3-5-15(20-2)16(14)17(18)11-6-7-12-9-21-10-13(12)8-11/h3-8,17H,9-10H2,1-2H3. The summed E-state index contributed by atoms with van der Waals surface area (Å²) in [5.74, 6) is 1.63. The van der Waals surface area contributed by atoms with Crippen molar-refractivity contribution < 1.29 is 14.2 Å². The summed E-state index contributed by atoms with van der Waals surface area (Å²) in [6, 6.07) is 12.3. The Labute approximate surface area is 133 Å². The topological polar surface area (TPSA) is 27.7 Å². The molecule has 2 aromatic rings. The Morgan fingerprint density at radius 1 is 1.00 bits per heavy atom. The van der Waals surface area contributed by atoms with E-state index in [1.165, 1.54) is 16.7 Å². The van der Waals surface area contributed by atoms with Crippen molar-refractivity contribution in [2.24, 2.45) is 0 Å². The van der Waals surface area contributed by atoms with E-state index in [9.17, 15) is 0 Å². The molecular formula is C17H17BrO3. The summed E-state index contributed by atoms with van der Waals surface area (Å²) < 4.78 is 16.5. The maximum absolute atomic E-state index is 5.49. The van der Waals surface area contributed by atoms with E-state index in [1.807, 2.05) is 18.2 Å². The van der Waals surface area contributed by atoms with Gasteiger partial charge in [-0.1, -0.05) is 40.2 Å². The minimum absolute atomic E-state index is 0.00880. The Bertz CT molecular complexity index is 632. The van der Waals surface area contributed by atoms with Crippen LogP contribution in [0.15, 0.2) is 36.4 Å². The first kappa shape index (κ1) is 14.4. The Balaban J connectivity index is 2.04. The first-order valence-corrected chi connectivity index (χ1v) is 7.70. The molecule has 1 atom stereocenters. The van der Waals surface area contributed by atoms with Gasteiger partial charge in [0.2, 0.25) is 0 Å². The number of alkyl halides is 1. The maximum Gasteiger partial charge on any atom is 0.127 e. The van der Waals surface area contributed by atoms with Gasteiger partial charge < -0.3 is 14.2 Å². The fourth-order valence-corrected chi connectivity index (χ4v) is 3.38. The summed E-state index contributed by atoms with van der Waals surface area (Å²) in [7, 11) is 3.35. The lowest BCUT2D eigenvalue weighted by Crippen LogP contribution is -2.01. The van der Waals surface area contributed by atoms with Gasteiger partial charge in [0.25, 0.3) is 0 Å². The molecule has 2 aromatic carbocycles. The van der Waals surface area contributed by atoms with Gasteiger partial charge in [-0.2, -0.15) is 0 Å². The van der Waals surface area contributed by atoms with E-state index >= 15 is 0 Å². The molecule has 0 N–H and O–H groups in total. The van der Waals surface area contributed by atoms with E-state index in [-0.39, 0.29) is 4.83 Å². The maximum atomic E-state index is 5.49. The molecule has 3 rings (SSSR count). The van der Waals surface area contributed by atoms with E-state index in [1.54, 1.807) is 14.2 Å². The first-order valence-electron chi connectivity index (χ1n) is 6.79. The molecule has 1 aliphatic rings. The van der Waals surface area contributed by atoms with Gasteiger partial charge in [-0.3, -0.25) is 0 Å². The van der Waals surface area contributed by atoms with Crippen LogP contribution < -0.4 is 9.47 Å². The van der Waals surface area contributed by atoms with E-state index in [0.29, 0.717) is 13.2 Å². The van der Waals surface area contributed by atoms with Crippen molar-refractivity contribution in [3.8, 4) is 11.5 Å². The van der Waals surface area contributed by atoms with Crippen LogP contribution in [-0.2, 0) is 18.0 Å². The van der Waals surface area contributed by atoms with Crippen molar-refractivity contribution in [3.05, 3.63) is 58.7 Å². The minimum Gasteiger partial charge on any atom is -0.496 e. The molecule has 1 aliphatic heterocycles. The van der Waals surface area contributed by atoms with Crippen molar-refractivity contribution in [3.63, 3.8) is 0 Å². The van der Waals surface area contributed by atoms with Crippen LogP contribution >= 0.6 is 15.9 Å². The second-order valence-corrected chi connectivity index (χ2v) is 5.88. The van der Waals surface area contributed by atoms with Gasteiger partial charge in [0, 0.05) is 0 Å². The molecule has 0 saturated heterocycles. The van der Waals surface area contributed by atoms with Crippen LogP contribution in [0.5, 0.6) is 11.5 Å². The zero-order chi connectivity index (χ0) is 14.8. The number of methoxy groups -OCH3 is 2. The molecular weight excluding hydrogens is 332 g/mol. The number of hydrogen-bond donors (Lipinski definition) is 0. The minimum atomic E-state index is 0.00880. The molecule has 21 heavy (non-hydrogen) atoms. The summed E-state index contributed by atoms with van der Waals surface area (Å²) in [6.45, 7) is 1.40. The molecule has 0 spiro atoms. The molecule has 0 aromatic heterocycles. The average Bonchev–Trinajstić information content (AvgIpc) is 3.00. The number of fused-ring (bicyclic) bond motifs is 1. The van der Waals surface area contributed by atoms with Crippen LogP contribution in [-0.4, -0.2) is 14.2 Å². The summed E-state index contributed by atoms with van der Waals surface area (Å²) in [4.78, 5) is 0.00880. The van der Waals surface area contributed by atoms with Crippen LogP contribution in [0, 0.1) is 0 Å². The lowest BCUT2D eigenvalue weighted by molar-refractivity contribution is 0.134. The predicted octanol–water partition coefficient (Wildman–Crippen LogP) is 4.22. The third kappa shape index (κ3) is 2.65. The van der Waals surface area contributed by atoms with E-state index in [2.05, 4.69) is 34.1 Å². The number of rotatable bonds is 4. The molecule has 0 fully saturated rings. The molecule has 1 heterocycles. The van der Waals surface area contributed by atoms with Gasteiger partial charge in [0.05, 0.1) is 37.8 Å². The summed E-state index contributed by atoms with van der Waals surface area (Å²) >= 11 is 3.78. The van der Waals surface area contributed by atoms with Crippen LogP contribution in [0.2, 0.25) is 0 Å². The van der Waals surface area contributed by atoms with E-state index < -0.39 is 0 Å². The van der Waals surface area contributed by atoms with Crippen LogP contribution in [0.1, 0.15) is 27.1 Å². The monoisotopic (exact) mass is 348 g/mol. The zero-order valence-electron chi connectivity index (χ0n) is 12.1. The van der Waals surface area contributed by atoms with Crippen molar-refractivity contribution in [2.75, 3.05) is 14.2 Å². The number of benzene rings is 2. The molecule has 110 valence electrons. The molecule has 4 heteroatoms.